The molecular formula is C12H27N3O. The van der Waals surface area contributed by atoms with E-state index in [1.54, 1.807) is 0 Å². The third kappa shape index (κ3) is 5.95. The Balaban J connectivity index is 4.09. The van der Waals surface area contributed by atoms with Crippen molar-refractivity contribution in [3.8, 4) is 0 Å². The fourth-order valence-corrected chi connectivity index (χ4v) is 1.94. The average Bonchev–Trinajstić information content (AvgIpc) is 2.27. The summed E-state index contributed by atoms with van der Waals surface area (Å²) in [4.78, 5) is 2.36. The van der Waals surface area contributed by atoms with Crippen molar-refractivity contribution in [2.24, 2.45) is 22.7 Å². The Morgan fingerprint density at radius 2 is 1.94 bits per heavy atom. The van der Waals surface area contributed by atoms with E-state index in [0.29, 0.717) is 11.8 Å². The zero-order valence-electron chi connectivity index (χ0n) is 11.1. The van der Waals surface area contributed by atoms with E-state index in [4.69, 9.17) is 10.9 Å². The molecule has 2 unspecified atom stereocenters. The van der Waals surface area contributed by atoms with Crippen molar-refractivity contribution >= 4 is 5.84 Å². The minimum atomic E-state index is 0.110. The molecule has 0 aliphatic carbocycles. The lowest BCUT2D eigenvalue weighted by atomic mass is 10.0. The molecule has 0 aliphatic heterocycles. The first kappa shape index (κ1) is 15.2. The van der Waals surface area contributed by atoms with Gasteiger partial charge in [-0.2, -0.15) is 0 Å². The highest BCUT2D eigenvalue weighted by molar-refractivity contribution is 5.82. The second-order valence-electron chi connectivity index (χ2n) is 4.67. The summed E-state index contributed by atoms with van der Waals surface area (Å²) in [5.41, 5.74) is 5.58. The lowest BCUT2D eigenvalue weighted by molar-refractivity contribution is 0.227. The molecule has 4 nitrogen and oxygen atoms in total. The van der Waals surface area contributed by atoms with Gasteiger partial charge in [0, 0.05) is 19.0 Å². The van der Waals surface area contributed by atoms with Crippen molar-refractivity contribution in [1.82, 2.24) is 4.90 Å². The molecular weight excluding hydrogens is 202 g/mol. The van der Waals surface area contributed by atoms with E-state index >= 15 is 0 Å². The van der Waals surface area contributed by atoms with Crippen LogP contribution in [0.25, 0.3) is 0 Å². The fraction of sp³-hybridized carbons (Fsp3) is 0.917. The van der Waals surface area contributed by atoms with Gasteiger partial charge in [0.2, 0.25) is 0 Å². The summed E-state index contributed by atoms with van der Waals surface area (Å²) >= 11 is 0. The van der Waals surface area contributed by atoms with E-state index < -0.39 is 0 Å². The van der Waals surface area contributed by atoms with Gasteiger partial charge in [0.25, 0.3) is 0 Å². The highest BCUT2D eigenvalue weighted by Gasteiger charge is 2.14. The molecule has 0 saturated heterocycles. The second-order valence-corrected chi connectivity index (χ2v) is 4.67. The Labute approximate surface area is 99.5 Å². The number of amidine groups is 1. The van der Waals surface area contributed by atoms with Gasteiger partial charge in [-0.15, -0.1) is 0 Å². The third-order valence-corrected chi connectivity index (χ3v) is 2.95. The molecule has 0 rings (SSSR count). The van der Waals surface area contributed by atoms with Crippen LogP contribution in [-0.2, 0) is 0 Å². The largest absolute Gasteiger partial charge is 0.409 e. The molecule has 0 heterocycles. The molecule has 2 atom stereocenters. The molecule has 0 fully saturated rings. The van der Waals surface area contributed by atoms with E-state index in [-0.39, 0.29) is 5.92 Å². The van der Waals surface area contributed by atoms with Gasteiger partial charge in [-0.25, -0.2) is 0 Å². The Morgan fingerprint density at radius 1 is 1.31 bits per heavy atom. The van der Waals surface area contributed by atoms with Crippen LogP contribution in [0.15, 0.2) is 5.16 Å². The maximum atomic E-state index is 8.60. The molecule has 3 N–H and O–H groups in total. The zero-order valence-corrected chi connectivity index (χ0v) is 11.1. The van der Waals surface area contributed by atoms with Crippen LogP contribution in [0.1, 0.15) is 40.5 Å². The van der Waals surface area contributed by atoms with Crippen LogP contribution >= 0.6 is 0 Å². The first-order chi connectivity index (χ1) is 7.54. The van der Waals surface area contributed by atoms with E-state index in [2.05, 4.69) is 30.8 Å². The van der Waals surface area contributed by atoms with Gasteiger partial charge in [0.1, 0.15) is 5.84 Å². The molecule has 96 valence electrons. The van der Waals surface area contributed by atoms with E-state index in [1.807, 2.05) is 6.92 Å². The first-order valence-electron chi connectivity index (χ1n) is 6.24. The maximum Gasteiger partial charge on any atom is 0.143 e. The summed E-state index contributed by atoms with van der Waals surface area (Å²) in [6.07, 6.45) is 2.49. The van der Waals surface area contributed by atoms with Crippen molar-refractivity contribution in [3.05, 3.63) is 0 Å². The van der Waals surface area contributed by atoms with Crippen molar-refractivity contribution in [2.75, 3.05) is 19.6 Å². The minimum absolute atomic E-state index is 0.110. The Bertz CT molecular complexity index is 206. The van der Waals surface area contributed by atoms with Crippen molar-refractivity contribution < 1.29 is 5.21 Å². The quantitative estimate of drug-likeness (QED) is 0.290. The summed E-state index contributed by atoms with van der Waals surface area (Å²) in [6.45, 7) is 11.6. The van der Waals surface area contributed by atoms with Crippen LogP contribution in [0.3, 0.4) is 0 Å². The normalized spacial score (nSPS) is 16.4. The third-order valence-electron chi connectivity index (χ3n) is 2.95. The average molecular weight is 229 g/mol. The number of oxime groups is 1. The highest BCUT2D eigenvalue weighted by atomic mass is 16.4. The lowest BCUT2D eigenvalue weighted by Crippen LogP contribution is -2.37. The molecule has 0 aliphatic rings. The number of rotatable bonds is 8. The monoisotopic (exact) mass is 229 g/mol. The predicted molar refractivity (Wildman–Crippen MR) is 68.8 cm³/mol. The topological polar surface area (TPSA) is 61.8 Å². The number of nitrogens with zero attached hydrogens (tertiary/aromatic N) is 2. The summed E-state index contributed by atoms with van der Waals surface area (Å²) in [6, 6.07) is 0. The van der Waals surface area contributed by atoms with Crippen molar-refractivity contribution in [2.45, 2.75) is 40.5 Å². The molecule has 4 heteroatoms. The second kappa shape index (κ2) is 8.39. The van der Waals surface area contributed by atoms with Gasteiger partial charge < -0.3 is 15.8 Å². The molecule has 0 aromatic carbocycles. The first-order valence-corrected chi connectivity index (χ1v) is 6.24. The SMILES string of the molecule is CCCC(C)CN(CC)CC(C)C(N)=NO. The van der Waals surface area contributed by atoms with Crippen LogP contribution in [0.4, 0.5) is 0 Å². The summed E-state index contributed by atoms with van der Waals surface area (Å²) in [7, 11) is 0. The molecule has 0 spiro atoms. The molecule has 0 aromatic heterocycles. The minimum Gasteiger partial charge on any atom is -0.409 e. The van der Waals surface area contributed by atoms with E-state index in [1.165, 1.54) is 12.8 Å². The Kier molecular flexibility index (Phi) is 7.99. The van der Waals surface area contributed by atoms with Gasteiger partial charge in [-0.3, -0.25) is 0 Å². The summed E-state index contributed by atoms with van der Waals surface area (Å²) < 4.78 is 0. The summed E-state index contributed by atoms with van der Waals surface area (Å²) in [5, 5.41) is 11.7. The molecule has 16 heavy (non-hydrogen) atoms. The van der Waals surface area contributed by atoms with Crippen LogP contribution in [0.5, 0.6) is 0 Å². The van der Waals surface area contributed by atoms with E-state index in [0.717, 1.165) is 19.6 Å². The maximum absolute atomic E-state index is 8.60. The van der Waals surface area contributed by atoms with Crippen LogP contribution in [0, 0.1) is 11.8 Å². The van der Waals surface area contributed by atoms with Gasteiger partial charge in [0.15, 0.2) is 0 Å². The fourth-order valence-electron chi connectivity index (χ4n) is 1.94. The smallest absolute Gasteiger partial charge is 0.143 e. The van der Waals surface area contributed by atoms with Crippen LogP contribution in [-0.4, -0.2) is 35.6 Å². The molecule has 0 saturated carbocycles. The number of nitrogens with two attached hydrogens (primary N) is 1. The zero-order chi connectivity index (χ0) is 12.6. The van der Waals surface area contributed by atoms with E-state index in [9.17, 15) is 0 Å². The standard InChI is InChI=1S/C12H27N3O/c1-5-7-10(3)8-15(6-2)9-11(4)12(13)14-16/h10-11,16H,5-9H2,1-4H3,(H2,13,14). The van der Waals surface area contributed by atoms with Crippen molar-refractivity contribution in [1.29, 1.82) is 0 Å². The molecule has 0 amide bonds. The van der Waals surface area contributed by atoms with Crippen LogP contribution < -0.4 is 5.73 Å². The Hall–Kier alpha value is -0.770. The number of hydrogen-bond acceptors (Lipinski definition) is 3. The molecule has 0 radical (unpaired) electrons. The molecule has 0 aromatic rings. The number of hydrogen-bond donors (Lipinski definition) is 2. The van der Waals surface area contributed by atoms with Gasteiger partial charge >= 0.3 is 0 Å². The van der Waals surface area contributed by atoms with Gasteiger partial charge in [-0.05, 0) is 18.9 Å². The molecule has 0 bridgehead atoms. The van der Waals surface area contributed by atoms with Gasteiger partial charge in [0.05, 0.1) is 0 Å². The highest BCUT2D eigenvalue weighted by Crippen LogP contribution is 2.09. The predicted octanol–water partition coefficient (Wildman–Crippen LogP) is 2.13. The van der Waals surface area contributed by atoms with Crippen molar-refractivity contribution in [3.63, 3.8) is 0 Å². The van der Waals surface area contributed by atoms with Crippen LogP contribution in [0.2, 0.25) is 0 Å². The lowest BCUT2D eigenvalue weighted by Gasteiger charge is -2.26. The Morgan fingerprint density at radius 3 is 2.38 bits per heavy atom. The summed E-state index contributed by atoms with van der Waals surface area (Å²) in [5.74, 6) is 1.14. The van der Waals surface area contributed by atoms with Gasteiger partial charge in [-0.1, -0.05) is 39.3 Å².